The second kappa shape index (κ2) is 6.20. The third kappa shape index (κ3) is 3.77. The first-order valence-electron chi connectivity index (χ1n) is 6.92. The minimum Gasteiger partial charge on any atom is -0.334 e. The number of benzene rings is 1. The number of likely N-dealkylation sites (tertiary alicyclic amines) is 1. The lowest BCUT2D eigenvalue weighted by Crippen LogP contribution is -2.47. The summed E-state index contributed by atoms with van der Waals surface area (Å²) in [7, 11) is 0. The van der Waals surface area contributed by atoms with Crippen molar-refractivity contribution in [2.45, 2.75) is 20.3 Å². The molecule has 1 N–H and O–H groups in total. The van der Waals surface area contributed by atoms with Gasteiger partial charge in [0.25, 0.3) is 0 Å². The quantitative estimate of drug-likeness (QED) is 0.809. The molecule has 114 valence electrons. The van der Waals surface area contributed by atoms with Crippen molar-refractivity contribution in [3.05, 3.63) is 29.8 Å². The number of hydrogen-bond acceptors (Lipinski definition) is 2. The molecule has 4 nitrogen and oxygen atoms in total. The van der Waals surface area contributed by atoms with Crippen molar-refractivity contribution in [3.63, 3.8) is 0 Å². The van der Waals surface area contributed by atoms with E-state index in [1.54, 1.807) is 0 Å². The Morgan fingerprint density at radius 2 is 1.81 bits per heavy atom. The van der Waals surface area contributed by atoms with Crippen molar-refractivity contribution in [3.8, 4) is 0 Å². The van der Waals surface area contributed by atoms with Gasteiger partial charge in [0.05, 0.1) is 5.69 Å². The van der Waals surface area contributed by atoms with Crippen molar-refractivity contribution < 1.29 is 18.4 Å². The Balaban J connectivity index is 2.04. The molecule has 1 aliphatic heterocycles. The van der Waals surface area contributed by atoms with E-state index in [4.69, 9.17) is 0 Å². The van der Waals surface area contributed by atoms with Crippen molar-refractivity contribution >= 4 is 17.5 Å². The standard InChI is InChI=1S/C15H18F2N2O2/c1-9-5-10(2)8-19(7-9)15(21)14(20)18-13-4-3-11(16)6-12(13)17/h3-4,6,9-10H,5,7-8H2,1-2H3,(H,18,20). The predicted octanol–water partition coefficient (Wildman–Crippen LogP) is 2.41. The number of anilines is 1. The summed E-state index contributed by atoms with van der Waals surface area (Å²) in [4.78, 5) is 25.5. The average Bonchev–Trinajstić information content (AvgIpc) is 2.40. The van der Waals surface area contributed by atoms with Crippen molar-refractivity contribution in [2.75, 3.05) is 18.4 Å². The summed E-state index contributed by atoms with van der Waals surface area (Å²) >= 11 is 0. The molecule has 0 aromatic heterocycles. The van der Waals surface area contributed by atoms with Crippen molar-refractivity contribution in [2.24, 2.45) is 11.8 Å². The molecule has 0 bridgehead atoms. The fourth-order valence-corrected chi connectivity index (χ4v) is 2.74. The fourth-order valence-electron chi connectivity index (χ4n) is 2.74. The number of amides is 2. The largest absolute Gasteiger partial charge is 0.334 e. The first kappa shape index (κ1) is 15.4. The zero-order valence-electron chi connectivity index (χ0n) is 12.0. The van der Waals surface area contributed by atoms with Crippen LogP contribution in [0.1, 0.15) is 20.3 Å². The number of carbonyl (C=O) groups excluding carboxylic acids is 2. The van der Waals surface area contributed by atoms with E-state index in [1.165, 1.54) is 4.90 Å². The van der Waals surface area contributed by atoms with E-state index < -0.39 is 23.4 Å². The van der Waals surface area contributed by atoms with Gasteiger partial charge in [-0.1, -0.05) is 13.8 Å². The lowest BCUT2D eigenvalue weighted by atomic mass is 9.92. The summed E-state index contributed by atoms with van der Waals surface area (Å²) in [6.45, 7) is 5.08. The highest BCUT2D eigenvalue weighted by Gasteiger charge is 2.29. The molecule has 2 rings (SSSR count). The Morgan fingerprint density at radius 3 is 2.38 bits per heavy atom. The van der Waals surface area contributed by atoms with Crippen molar-refractivity contribution in [1.82, 2.24) is 4.90 Å². The molecule has 1 aromatic rings. The predicted molar refractivity (Wildman–Crippen MR) is 74.5 cm³/mol. The van der Waals surface area contributed by atoms with Gasteiger partial charge in [0, 0.05) is 19.2 Å². The molecule has 2 atom stereocenters. The second-order valence-corrected chi connectivity index (χ2v) is 5.73. The minimum atomic E-state index is -0.906. The van der Waals surface area contributed by atoms with E-state index in [-0.39, 0.29) is 5.69 Å². The molecule has 21 heavy (non-hydrogen) atoms. The molecular formula is C15H18F2N2O2. The number of halogens is 2. The molecular weight excluding hydrogens is 278 g/mol. The van der Waals surface area contributed by atoms with Crippen LogP contribution in [-0.4, -0.2) is 29.8 Å². The minimum absolute atomic E-state index is 0.201. The maximum Gasteiger partial charge on any atom is 0.313 e. The normalized spacial score (nSPS) is 22.0. The number of rotatable bonds is 1. The highest BCUT2D eigenvalue weighted by Crippen LogP contribution is 2.21. The molecule has 1 fully saturated rings. The van der Waals surface area contributed by atoms with Crippen LogP contribution >= 0.6 is 0 Å². The lowest BCUT2D eigenvalue weighted by molar-refractivity contribution is -0.145. The summed E-state index contributed by atoms with van der Waals surface area (Å²) in [5, 5.41) is 2.19. The van der Waals surface area contributed by atoms with Gasteiger partial charge in [0.2, 0.25) is 0 Å². The number of nitrogens with zero attached hydrogens (tertiary/aromatic N) is 1. The highest BCUT2D eigenvalue weighted by molar-refractivity contribution is 6.39. The third-order valence-electron chi connectivity index (χ3n) is 3.53. The molecule has 2 amide bonds. The van der Waals surface area contributed by atoms with E-state index in [9.17, 15) is 18.4 Å². The van der Waals surface area contributed by atoms with Gasteiger partial charge >= 0.3 is 11.8 Å². The smallest absolute Gasteiger partial charge is 0.313 e. The van der Waals surface area contributed by atoms with Crippen LogP contribution in [0.2, 0.25) is 0 Å². The van der Waals surface area contributed by atoms with Crippen LogP contribution in [0, 0.1) is 23.5 Å². The zero-order chi connectivity index (χ0) is 15.6. The van der Waals surface area contributed by atoms with E-state index in [2.05, 4.69) is 5.32 Å². The van der Waals surface area contributed by atoms with Gasteiger partial charge < -0.3 is 10.2 Å². The van der Waals surface area contributed by atoms with Gasteiger partial charge in [-0.3, -0.25) is 9.59 Å². The molecule has 0 spiro atoms. The van der Waals surface area contributed by atoms with Crippen LogP contribution in [-0.2, 0) is 9.59 Å². The molecule has 1 aliphatic rings. The number of nitrogens with one attached hydrogen (secondary N) is 1. The van der Waals surface area contributed by atoms with E-state index in [0.717, 1.165) is 18.6 Å². The SMILES string of the molecule is CC1CC(C)CN(C(=O)C(=O)Nc2ccc(F)cc2F)C1. The fraction of sp³-hybridized carbons (Fsp3) is 0.467. The second-order valence-electron chi connectivity index (χ2n) is 5.73. The van der Waals surface area contributed by atoms with Crippen molar-refractivity contribution in [1.29, 1.82) is 0 Å². The lowest BCUT2D eigenvalue weighted by Gasteiger charge is -2.34. The molecule has 1 aromatic carbocycles. The van der Waals surface area contributed by atoms with Gasteiger partial charge in [-0.25, -0.2) is 8.78 Å². The van der Waals surface area contributed by atoms with E-state index >= 15 is 0 Å². The molecule has 6 heteroatoms. The topological polar surface area (TPSA) is 49.4 Å². The third-order valence-corrected chi connectivity index (χ3v) is 3.53. The maximum absolute atomic E-state index is 13.5. The number of hydrogen-bond donors (Lipinski definition) is 1. The molecule has 1 saturated heterocycles. The van der Waals surface area contributed by atoms with Crippen LogP contribution in [0.3, 0.4) is 0 Å². The van der Waals surface area contributed by atoms with Gasteiger partial charge in [0.15, 0.2) is 0 Å². The van der Waals surface area contributed by atoms with Crippen LogP contribution in [0.25, 0.3) is 0 Å². The molecule has 0 saturated carbocycles. The molecule has 1 heterocycles. The number of piperidine rings is 1. The molecule has 0 radical (unpaired) electrons. The zero-order valence-corrected chi connectivity index (χ0v) is 12.0. The maximum atomic E-state index is 13.5. The first-order valence-corrected chi connectivity index (χ1v) is 6.92. The van der Waals surface area contributed by atoms with Gasteiger partial charge in [-0.15, -0.1) is 0 Å². The Bertz CT molecular complexity index is 553. The average molecular weight is 296 g/mol. The summed E-state index contributed by atoms with van der Waals surface area (Å²) in [6.07, 6.45) is 1.01. The summed E-state index contributed by atoms with van der Waals surface area (Å²) < 4.78 is 26.3. The van der Waals surface area contributed by atoms with Gasteiger partial charge in [-0.2, -0.15) is 0 Å². The van der Waals surface area contributed by atoms with Gasteiger partial charge in [-0.05, 0) is 30.4 Å². The van der Waals surface area contributed by atoms with E-state index in [0.29, 0.717) is 31.0 Å². The van der Waals surface area contributed by atoms with Crippen LogP contribution < -0.4 is 5.32 Å². The van der Waals surface area contributed by atoms with Crippen LogP contribution in [0.15, 0.2) is 18.2 Å². The molecule has 0 aliphatic carbocycles. The van der Waals surface area contributed by atoms with Crippen LogP contribution in [0.5, 0.6) is 0 Å². The summed E-state index contributed by atoms with van der Waals surface area (Å²) in [6, 6.07) is 2.77. The molecule has 2 unspecified atom stereocenters. The number of carbonyl (C=O) groups is 2. The summed E-state index contributed by atoms with van der Waals surface area (Å²) in [5.41, 5.74) is -0.201. The highest BCUT2D eigenvalue weighted by atomic mass is 19.1. The first-order chi connectivity index (χ1) is 9.86. The Hall–Kier alpha value is -1.98. The summed E-state index contributed by atoms with van der Waals surface area (Å²) in [5.74, 6) is -2.58. The Kier molecular flexibility index (Phi) is 4.55. The Morgan fingerprint density at radius 1 is 1.19 bits per heavy atom. The monoisotopic (exact) mass is 296 g/mol. The van der Waals surface area contributed by atoms with Gasteiger partial charge in [0.1, 0.15) is 11.6 Å². The van der Waals surface area contributed by atoms with E-state index in [1.807, 2.05) is 13.8 Å². The van der Waals surface area contributed by atoms with Crippen LogP contribution in [0.4, 0.5) is 14.5 Å². The Labute approximate surface area is 122 Å².